The Hall–Kier alpha value is -4.26. The molecule has 0 radical (unpaired) electrons. The lowest BCUT2D eigenvalue weighted by molar-refractivity contribution is 0.258. The van der Waals surface area contributed by atoms with Crippen molar-refractivity contribution in [2.45, 2.75) is 39.3 Å². The van der Waals surface area contributed by atoms with Crippen molar-refractivity contribution >= 4 is 33.1 Å². The molecule has 3 heterocycles. The van der Waals surface area contributed by atoms with Gasteiger partial charge in [-0.3, -0.25) is 0 Å². The summed E-state index contributed by atoms with van der Waals surface area (Å²) in [6.45, 7) is 7.17. The summed E-state index contributed by atoms with van der Waals surface area (Å²) in [6, 6.07) is 24.2. The largest absolute Gasteiger partial charge is 0.484 e. The van der Waals surface area contributed by atoms with Gasteiger partial charge in [-0.1, -0.05) is 63.2 Å². The molecule has 0 N–H and O–H groups in total. The standard InChI is InChI=1S/C28H25N5O2/c1-28(2,3)18-12-14-19(15-13-18)34-17-25-32-31-24(35-25)16-33-23-11-7-4-8-20(23)26-27(33)30-22-10-6-5-9-21(22)29-26/h4-15H,16-17H2,1-3H3. The highest BCUT2D eigenvalue weighted by atomic mass is 16.5. The molecule has 0 aliphatic rings. The molecule has 7 nitrogen and oxygen atoms in total. The Morgan fingerprint density at radius 2 is 1.49 bits per heavy atom. The number of hydrogen-bond acceptors (Lipinski definition) is 6. The van der Waals surface area contributed by atoms with Crippen LogP contribution >= 0.6 is 0 Å². The summed E-state index contributed by atoms with van der Waals surface area (Å²) in [7, 11) is 0. The predicted molar refractivity (Wildman–Crippen MR) is 135 cm³/mol. The Morgan fingerprint density at radius 3 is 2.26 bits per heavy atom. The monoisotopic (exact) mass is 463 g/mol. The van der Waals surface area contributed by atoms with E-state index in [4.69, 9.17) is 19.1 Å². The molecular formula is C28H25N5O2. The van der Waals surface area contributed by atoms with Crippen molar-refractivity contribution in [3.8, 4) is 5.75 Å². The summed E-state index contributed by atoms with van der Waals surface area (Å²) in [4.78, 5) is 9.79. The Kier molecular flexibility index (Phi) is 4.99. The Bertz CT molecular complexity index is 1660. The average molecular weight is 464 g/mol. The summed E-state index contributed by atoms with van der Waals surface area (Å²) in [5, 5.41) is 9.49. The highest BCUT2D eigenvalue weighted by molar-refractivity contribution is 6.06. The molecule has 0 fully saturated rings. The van der Waals surface area contributed by atoms with Gasteiger partial charge in [-0.25, -0.2) is 9.97 Å². The first-order valence-corrected chi connectivity index (χ1v) is 11.6. The van der Waals surface area contributed by atoms with E-state index < -0.39 is 0 Å². The van der Waals surface area contributed by atoms with Crippen LogP contribution in [0.25, 0.3) is 33.1 Å². The van der Waals surface area contributed by atoms with Gasteiger partial charge in [0.05, 0.1) is 16.6 Å². The molecule has 0 saturated heterocycles. The highest BCUT2D eigenvalue weighted by Crippen LogP contribution is 2.29. The molecule has 6 aromatic rings. The van der Waals surface area contributed by atoms with Gasteiger partial charge >= 0.3 is 0 Å². The van der Waals surface area contributed by atoms with E-state index in [2.05, 4.69) is 59.8 Å². The van der Waals surface area contributed by atoms with Crippen LogP contribution < -0.4 is 4.74 Å². The van der Waals surface area contributed by atoms with Crippen molar-refractivity contribution in [3.05, 3.63) is 90.1 Å². The van der Waals surface area contributed by atoms with Crippen LogP contribution in [-0.4, -0.2) is 24.7 Å². The number of aromatic nitrogens is 5. The first-order chi connectivity index (χ1) is 17.0. The molecule has 0 spiro atoms. The van der Waals surface area contributed by atoms with Crippen molar-refractivity contribution < 1.29 is 9.15 Å². The second kappa shape index (κ2) is 8.20. The Balaban J connectivity index is 1.27. The maximum atomic E-state index is 5.93. The number of nitrogens with zero attached hydrogens (tertiary/aromatic N) is 5. The maximum absolute atomic E-state index is 5.93. The number of fused-ring (bicyclic) bond motifs is 4. The molecule has 7 heteroatoms. The van der Waals surface area contributed by atoms with Gasteiger partial charge in [0, 0.05) is 5.39 Å². The van der Waals surface area contributed by atoms with Gasteiger partial charge in [-0.15, -0.1) is 10.2 Å². The van der Waals surface area contributed by atoms with Gasteiger partial charge in [0.2, 0.25) is 5.89 Å². The van der Waals surface area contributed by atoms with Crippen molar-refractivity contribution in [2.24, 2.45) is 0 Å². The minimum absolute atomic E-state index is 0.101. The van der Waals surface area contributed by atoms with Gasteiger partial charge in [-0.2, -0.15) is 0 Å². The average Bonchev–Trinajstić information content (AvgIpc) is 3.44. The van der Waals surface area contributed by atoms with Crippen LogP contribution in [0.1, 0.15) is 38.1 Å². The lowest BCUT2D eigenvalue weighted by atomic mass is 9.87. The third kappa shape index (κ3) is 3.99. The summed E-state index contributed by atoms with van der Waals surface area (Å²) >= 11 is 0. The lowest BCUT2D eigenvalue weighted by Gasteiger charge is -2.19. The molecule has 35 heavy (non-hydrogen) atoms. The number of rotatable bonds is 5. The van der Waals surface area contributed by atoms with E-state index in [1.807, 2.05) is 48.5 Å². The summed E-state index contributed by atoms with van der Waals surface area (Å²) in [5.74, 6) is 1.68. The van der Waals surface area contributed by atoms with Crippen molar-refractivity contribution in [3.63, 3.8) is 0 Å². The Morgan fingerprint density at radius 1 is 0.800 bits per heavy atom. The molecule has 0 unspecified atom stereocenters. The summed E-state index contributed by atoms with van der Waals surface area (Å²) in [6.07, 6.45) is 0. The smallest absolute Gasteiger partial charge is 0.253 e. The molecule has 174 valence electrons. The van der Waals surface area contributed by atoms with Gasteiger partial charge in [0.1, 0.15) is 17.8 Å². The second-order valence-corrected chi connectivity index (χ2v) is 9.64. The fourth-order valence-electron chi connectivity index (χ4n) is 4.29. The van der Waals surface area contributed by atoms with Gasteiger partial charge in [0.25, 0.3) is 5.89 Å². The van der Waals surface area contributed by atoms with Crippen LogP contribution in [0.15, 0.2) is 77.2 Å². The molecule has 0 saturated carbocycles. The third-order valence-electron chi connectivity index (χ3n) is 6.14. The molecular weight excluding hydrogens is 438 g/mol. The van der Waals surface area contributed by atoms with E-state index in [1.165, 1.54) is 5.56 Å². The van der Waals surface area contributed by atoms with E-state index in [-0.39, 0.29) is 12.0 Å². The molecule has 6 rings (SSSR count). The van der Waals surface area contributed by atoms with Gasteiger partial charge in [0.15, 0.2) is 12.3 Å². The first kappa shape index (κ1) is 21.3. The minimum Gasteiger partial charge on any atom is -0.484 e. The Labute approximate surface area is 202 Å². The number of benzene rings is 3. The van der Waals surface area contributed by atoms with E-state index in [1.54, 1.807) is 0 Å². The number of para-hydroxylation sites is 3. The molecule has 0 atom stereocenters. The van der Waals surface area contributed by atoms with Crippen LogP contribution in [0.2, 0.25) is 0 Å². The zero-order valence-corrected chi connectivity index (χ0v) is 19.9. The normalized spacial score (nSPS) is 12.1. The van der Waals surface area contributed by atoms with Gasteiger partial charge in [-0.05, 0) is 41.3 Å². The maximum Gasteiger partial charge on any atom is 0.253 e. The van der Waals surface area contributed by atoms with Crippen molar-refractivity contribution in [2.75, 3.05) is 0 Å². The van der Waals surface area contributed by atoms with Crippen LogP contribution in [-0.2, 0) is 18.6 Å². The zero-order valence-electron chi connectivity index (χ0n) is 19.9. The molecule has 0 aliphatic carbocycles. The van der Waals surface area contributed by atoms with Crippen LogP contribution in [0.5, 0.6) is 5.75 Å². The van der Waals surface area contributed by atoms with Crippen molar-refractivity contribution in [1.82, 2.24) is 24.7 Å². The van der Waals surface area contributed by atoms with Crippen LogP contribution in [0.4, 0.5) is 0 Å². The predicted octanol–water partition coefficient (Wildman–Crippen LogP) is 6.05. The summed E-state index contributed by atoms with van der Waals surface area (Å²) < 4.78 is 13.9. The van der Waals surface area contributed by atoms with E-state index in [9.17, 15) is 0 Å². The van der Waals surface area contributed by atoms with Crippen LogP contribution in [0, 0.1) is 0 Å². The van der Waals surface area contributed by atoms with E-state index in [0.29, 0.717) is 18.3 Å². The second-order valence-electron chi connectivity index (χ2n) is 9.64. The number of hydrogen-bond donors (Lipinski definition) is 0. The molecule has 3 aromatic carbocycles. The van der Waals surface area contributed by atoms with Crippen LogP contribution in [0.3, 0.4) is 0 Å². The van der Waals surface area contributed by atoms with Gasteiger partial charge < -0.3 is 13.7 Å². The van der Waals surface area contributed by atoms with Crippen molar-refractivity contribution in [1.29, 1.82) is 0 Å². The SMILES string of the molecule is CC(C)(C)c1ccc(OCc2nnc(Cn3c4ccccc4c4nc5ccccc5nc43)o2)cc1. The molecule has 0 bridgehead atoms. The van der Waals surface area contributed by atoms with E-state index >= 15 is 0 Å². The fourth-order valence-corrected chi connectivity index (χ4v) is 4.29. The lowest BCUT2D eigenvalue weighted by Crippen LogP contribution is -2.10. The highest BCUT2D eigenvalue weighted by Gasteiger charge is 2.17. The topological polar surface area (TPSA) is 78.9 Å². The third-order valence-corrected chi connectivity index (χ3v) is 6.14. The fraction of sp³-hybridized carbons (Fsp3) is 0.214. The quantitative estimate of drug-likeness (QED) is 0.310. The summed E-state index contributed by atoms with van der Waals surface area (Å²) in [5.41, 5.74) is 5.75. The van der Waals surface area contributed by atoms with E-state index in [0.717, 1.165) is 38.8 Å². The molecule has 0 aliphatic heterocycles. The minimum atomic E-state index is 0.101. The first-order valence-electron chi connectivity index (χ1n) is 11.6. The molecule has 3 aromatic heterocycles. The zero-order chi connectivity index (χ0) is 24.0. The molecule has 0 amide bonds. The number of ether oxygens (including phenoxy) is 1.